The lowest BCUT2D eigenvalue weighted by Gasteiger charge is -2.32. The number of hydrogen-bond acceptors (Lipinski definition) is 5. The molecule has 0 saturated carbocycles. The molecule has 0 radical (unpaired) electrons. The van der Waals surface area contributed by atoms with Gasteiger partial charge < -0.3 is 4.90 Å². The fourth-order valence-electron chi connectivity index (χ4n) is 3.10. The van der Waals surface area contributed by atoms with E-state index < -0.39 is 0 Å². The van der Waals surface area contributed by atoms with Gasteiger partial charge in [-0.3, -0.25) is 4.79 Å². The number of likely N-dealkylation sites (tertiary alicyclic amines) is 1. The van der Waals surface area contributed by atoms with Gasteiger partial charge in [0.1, 0.15) is 17.3 Å². The van der Waals surface area contributed by atoms with Crippen molar-refractivity contribution in [1.29, 1.82) is 0 Å². The van der Waals surface area contributed by atoms with Crippen LogP contribution in [0.4, 0.5) is 0 Å². The molecule has 0 aliphatic carbocycles. The van der Waals surface area contributed by atoms with Crippen molar-refractivity contribution < 1.29 is 4.79 Å². The van der Waals surface area contributed by atoms with Crippen molar-refractivity contribution in [3.05, 3.63) is 27.7 Å². The first-order valence-corrected chi connectivity index (χ1v) is 9.28. The quantitative estimate of drug-likeness (QED) is 0.837. The smallest absolute Gasteiger partial charge is 0.273 e. The van der Waals surface area contributed by atoms with Crippen molar-refractivity contribution in [2.24, 2.45) is 0 Å². The predicted octanol–water partition coefficient (Wildman–Crippen LogP) is 3.13. The maximum atomic E-state index is 12.8. The summed E-state index contributed by atoms with van der Waals surface area (Å²) in [6, 6.07) is 0.199. The SMILES string of the molecule is Cc1nc(C)n([C@@H]2CCCN(C(=O)c3csc(C(C)(C)C)n3)C2)n1. The van der Waals surface area contributed by atoms with Gasteiger partial charge in [0.15, 0.2) is 0 Å². The monoisotopic (exact) mass is 347 g/mol. The van der Waals surface area contributed by atoms with Gasteiger partial charge in [-0.1, -0.05) is 20.8 Å². The first kappa shape index (κ1) is 17.1. The van der Waals surface area contributed by atoms with Gasteiger partial charge in [0.25, 0.3) is 5.91 Å². The first-order chi connectivity index (χ1) is 11.3. The molecule has 0 bridgehead atoms. The molecule has 1 atom stereocenters. The molecular formula is C17H25N5OS. The third kappa shape index (κ3) is 3.36. The summed E-state index contributed by atoms with van der Waals surface area (Å²) in [5.41, 5.74) is 0.542. The Morgan fingerprint density at radius 3 is 2.62 bits per heavy atom. The van der Waals surface area contributed by atoms with Gasteiger partial charge in [0, 0.05) is 23.9 Å². The van der Waals surface area contributed by atoms with E-state index in [1.165, 1.54) is 0 Å². The maximum absolute atomic E-state index is 12.8. The Bertz CT molecular complexity index is 742. The van der Waals surface area contributed by atoms with Gasteiger partial charge in [-0.05, 0) is 26.7 Å². The lowest BCUT2D eigenvalue weighted by atomic mass is 9.98. The number of nitrogens with zero attached hydrogens (tertiary/aromatic N) is 5. The van der Waals surface area contributed by atoms with E-state index >= 15 is 0 Å². The molecule has 0 unspecified atom stereocenters. The fourth-order valence-corrected chi connectivity index (χ4v) is 3.98. The van der Waals surface area contributed by atoms with Crippen LogP contribution in [-0.4, -0.2) is 43.6 Å². The summed E-state index contributed by atoms with van der Waals surface area (Å²) in [7, 11) is 0. The summed E-state index contributed by atoms with van der Waals surface area (Å²) in [5, 5.41) is 7.38. The highest BCUT2D eigenvalue weighted by Crippen LogP contribution is 2.27. The van der Waals surface area contributed by atoms with Crippen molar-refractivity contribution in [2.45, 2.75) is 58.9 Å². The second-order valence-electron chi connectivity index (χ2n) is 7.49. The van der Waals surface area contributed by atoms with Crippen LogP contribution >= 0.6 is 11.3 Å². The number of aromatic nitrogens is 4. The number of carbonyl (C=O) groups excluding carboxylic acids is 1. The minimum atomic E-state index is -0.0248. The summed E-state index contributed by atoms with van der Waals surface area (Å²) < 4.78 is 1.97. The normalized spacial score (nSPS) is 18.9. The van der Waals surface area contributed by atoms with Crippen LogP contribution in [0.5, 0.6) is 0 Å². The van der Waals surface area contributed by atoms with Crippen molar-refractivity contribution in [2.75, 3.05) is 13.1 Å². The zero-order valence-electron chi connectivity index (χ0n) is 15.0. The van der Waals surface area contributed by atoms with Gasteiger partial charge in [-0.25, -0.2) is 14.6 Å². The Labute approximate surface area is 146 Å². The summed E-state index contributed by atoms with van der Waals surface area (Å²) >= 11 is 1.57. The Hall–Kier alpha value is -1.76. The summed E-state index contributed by atoms with van der Waals surface area (Å²) in [5.74, 6) is 1.72. The largest absolute Gasteiger partial charge is 0.335 e. The van der Waals surface area contributed by atoms with E-state index in [0.29, 0.717) is 12.2 Å². The highest BCUT2D eigenvalue weighted by Gasteiger charge is 2.29. The van der Waals surface area contributed by atoms with Crippen LogP contribution in [0.2, 0.25) is 0 Å². The average Bonchev–Trinajstić information content (AvgIpc) is 3.13. The molecule has 130 valence electrons. The molecular weight excluding hydrogens is 322 g/mol. The Balaban J connectivity index is 1.76. The van der Waals surface area contributed by atoms with E-state index in [4.69, 9.17) is 0 Å². The summed E-state index contributed by atoms with van der Waals surface area (Å²) in [6.07, 6.45) is 2.00. The first-order valence-electron chi connectivity index (χ1n) is 8.41. The van der Waals surface area contributed by atoms with Crippen molar-refractivity contribution in [1.82, 2.24) is 24.6 Å². The minimum absolute atomic E-state index is 0.0248. The summed E-state index contributed by atoms with van der Waals surface area (Å²) in [4.78, 5) is 23.7. The Morgan fingerprint density at radius 1 is 1.29 bits per heavy atom. The van der Waals surface area contributed by atoms with Gasteiger partial charge in [-0.15, -0.1) is 11.3 Å². The second kappa shape index (κ2) is 6.27. The second-order valence-corrected chi connectivity index (χ2v) is 8.34. The molecule has 2 aromatic rings. The molecule has 0 spiro atoms. The lowest BCUT2D eigenvalue weighted by molar-refractivity contribution is 0.0666. The van der Waals surface area contributed by atoms with Crippen LogP contribution in [0.3, 0.4) is 0 Å². The van der Waals surface area contributed by atoms with Crippen LogP contribution in [-0.2, 0) is 5.41 Å². The molecule has 3 heterocycles. The van der Waals surface area contributed by atoms with Crippen LogP contribution in [0.1, 0.15) is 66.8 Å². The zero-order valence-corrected chi connectivity index (χ0v) is 15.9. The average molecular weight is 347 g/mol. The van der Waals surface area contributed by atoms with Gasteiger partial charge in [0.05, 0.1) is 11.0 Å². The zero-order chi connectivity index (χ0) is 17.5. The molecule has 6 nitrogen and oxygen atoms in total. The minimum Gasteiger partial charge on any atom is -0.335 e. The Morgan fingerprint density at radius 2 is 2.04 bits per heavy atom. The van der Waals surface area contributed by atoms with Crippen molar-refractivity contribution in [3.8, 4) is 0 Å². The molecule has 1 aliphatic heterocycles. The number of carbonyl (C=O) groups is 1. The summed E-state index contributed by atoms with van der Waals surface area (Å²) in [6.45, 7) is 11.7. The number of rotatable bonds is 2. The lowest BCUT2D eigenvalue weighted by Crippen LogP contribution is -2.41. The van der Waals surface area contributed by atoms with E-state index in [9.17, 15) is 4.79 Å². The molecule has 1 saturated heterocycles. The van der Waals surface area contributed by atoms with E-state index in [2.05, 4.69) is 35.8 Å². The number of hydrogen-bond donors (Lipinski definition) is 0. The van der Waals surface area contributed by atoms with Gasteiger partial charge in [-0.2, -0.15) is 5.10 Å². The van der Waals surface area contributed by atoms with E-state index in [1.807, 2.05) is 28.8 Å². The van der Waals surface area contributed by atoms with E-state index in [1.54, 1.807) is 11.3 Å². The molecule has 1 amide bonds. The fraction of sp³-hybridized carbons (Fsp3) is 0.647. The van der Waals surface area contributed by atoms with Crippen LogP contribution in [0, 0.1) is 13.8 Å². The molecule has 7 heteroatoms. The topological polar surface area (TPSA) is 63.9 Å². The van der Waals surface area contributed by atoms with Crippen LogP contribution in [0.25, 0.3) is 0 Å². The number of thiazole rings is 1. The molecule has 1 fully saturated rings. The highest BCUT2D eigenvalue weighted by atomic mass is 32.1. The van der Waals surface area contributed by atoms with Crippen molar-refractivity contribution >= 4 is 17.2 Å². The van der Waals surface area contributed by atoms with Gasteiger partial charge in [0.2, 0.25) is 0 Å². The molecule has 24 heavy (non-hydrogen) atoms. The number of piperidine rings is 1. The maximum Gasteiger partial charge on any atom is 0.273 e. The van der Waals surface area contributed by atoms with Gasteiger partial charge >= 0.3 is 0 Å². The third-order valence-electron chi connectivity index (χ3n) is 4.30. The number of aryl methyl sites for hydroxylation is 2. The molecule has 0 N–H and O–H groups in total. The number of amides is 1. The third-order valence-corrected chi connectivity index (χ3v) is 5.57. The van der Waals surface area contributed by atoms with E-state index in [0.717, 1.165) is 36.0 Å². The van der Waals surface area contributed by atoms with Crippen LogP contribution < -0.4 is 0 Å². The predicted molar refractivity (Wildman–Crippen MR) is 94.5 cm³/mol. The highest BCUT2D eigenvalue weighted by molar-refractivity contribution is 7.10. The van der Waals surface area contributed by atoms with Crippen LogP contribution in [0.15, 0.2) is 5.38 Å². The standard InChI is InChI=1S/C17H25N5OS/c1-11-18-12(2)22(20-11)13-7-6-8-21(9-13)15(23)14-10-24-16(19-14)17(3,4)5/h10,13H,6-9H2,1-5H3/t13-/m1/s1. The molecule has 3 rings (SSSR count). The Kier molecular flexibility index (Phi) is 4.46. The van der Waals surface area contributed by atoms with Crippen molar-refractivity contribution in [3.63, 3.8) is 0 Å². The van der Waals surface area contributed by atoms with E-state index in [-0.39, 0.29) is 17.4 Å². The molecule has 0 aromatic carbocycles. The molecule has 1 aliphatic rings. The molecule has 2 aromatic heterocycles.